The second-order valence-corrected chi connectivity index (χ2v) is 7.06. The summed E-state index contributed by atoms with van der Waals surface area (Å²) in [6.07, 6.45) is 1.82. The molecule has 112 valence electrons. The van der Waals surface area contributed by atoms with E-state index in [1.807, 2.05) is 24.8 Å². The highest BCUT2D eigenvalue weighted by Crippen LogP contribution is 2.29. The molecule has 0 saturated heterocycles. The standard InChI is InChI=1S/C14H22N2O3S/c1-11(2)16(9-10-17)13-5-3-4-6-14(13)20(18,19)15-12-7-8-12/h3-6,11-12,15,17H,7-10H2,1-2H3. The average molecular weight is 298 g/mol. The summed E-state index contributed by atoms with van der Waals surface area (Å²) in [6.45, 7) is 4.36. The van der Waals surface area contributed by atoms with Crippen molar-refractivity contribution in [3.63, 3.8) is 0 Å². The third-order valence-corrected chi connectivity index (χ3v) is 4.90. The molecule has 0 aliphatic heterocycles. The van der Waals surface area contributed by atoms with Crippen LogP contribution in [0.1, 0.15) is 26.7 Å². The zero-order valence-corrected chi connectivity index (χ0v) is 12.7. The molecule has 1 saturated carbocycles. The molecule has 0 heterocycles. The Morgan fingerprint density at radius 3 is 2.55 bits per heavy atom. The van der Waals surface area contributed by atoms with E-state index in [0.29, 0.717) is 12.2 Å². The predicted octanol–water partition coefficient (Wildman–Crippen LogP) is 1.33. The Morgan fingerprint density at radius 2 is 2.00 bits per heavy atom. The summed E-state index contributed by atoms with van der Waals surface area (Å²) < 4.78 is 27.6. The van der Waals surface area contributed by atoms with Crippen molar-refractivity contribution in [2.45, 2.75) is 43.7 Å². The number of nitrogens with zero attached hydrogens (tertiary/aromatic N) is 1. The molecule has 0 spiro atoms. The molecular formula is C14H22N2O3S. The summed E-state index contributed by atoms with van der Waals surface area (Å²) >= 11 is 0. The number of anilines is 1. The molecule has 0 unspecified atom stereocenters. The van der Waals surface area contributed by atoms with Crippen LogP contribution < -0.4 is 9.62 Å². The Balaban J connectivity index is 2.38. The molecular weight excluding hydrogens is 276 g/mol. The first kappa shape index (κ1) is 15.3. The number of aliphatic hydroxyl groups excluding tert-OH is 1. The highest BCUT2D eigenvalue weighted by Gasteiger charge is 2.30. The second-order valence-electron chi connectivity index (χ2n) is 5.37. The maximum Gasteiger partial charge on any atom is 0.242 e. The lowest BCUT2D eigenvalue weighted by molar-refractivity contribution is 0.298. The fraction of sp³-hybridized carbons (Fsp3) is 0.571. The molecule has 5 nitrogen and oxygen atoms in total. The van der Waals surface area contributed by atoms with Crippen LogP contribution in [0.4, 0.5) is 5.69 Å². The van der Waals surface area contributed by atoms with Crippen molar-refractivity contribution in [3.8, 4) is 0 Å². The number of rotatable bonds is 7. The number of para-hydroxylation sites is 1. The minimum Gasteiger partial charge on any atom is -0.395 e. The zero-order valence-electron chi connectivity index (χ0n) is 11.9. The average Bonchev–Trinajstić information content (AvgIpc) is 3.19. The first-order valence-electron chi connectivity index (χ1n) is 6.94. The Kier molecular flexibility index (Phi) is 4.67. The van der Waals surface area contributed by atoms with Gasteiger partial charge in [0.2, 0.25) is 10.0 Å². The predicted molar refractivity (Wildman–Crippen MR) is 79.4 cm³/mol. The van der Waals surface area contributed by atoms with E-state index in [2.05, 4.69) is 4.72 Å². The summed E-state index contributed by atoms with van der Waals surface area (Å²) in [7, 11) is -3.50. The van der Waals surface area contributed by atoms with Crippen molar-refractivity contribution >= 4 is 15.7 Å². The first-order chi connectivity index (χ1) is 9.45. The van der Waals surface area contributed by atoms with Crippen molar-refractivity contribution < 1.29 is 13.5 Å². The molecule has 0 aromatic heterocycles. The van der Waals surface area contributed by atoms with Gasteiger partial charge in [0.25, 0.3) is 0 Å². The van der Waals surface area contributed by atoms with Crippen LogP contribution in [0.25, 0.3) is 0 Å². The molecule has 2 N–H and O–H groups in total. The zero-order chi connectivity index (χ0) is 14.8. The van der Waals surface area contributed by atoms with E-state index < -0.39 is 10.0 Å². The molecule has 0 atom stereocenters. The minimum absolute atomic E-state index is 0.0113. The monoisotopic (exact) mass is 298 g/mol. The Bertz CT molecular complexity index is 553. The van der Waals surface area contributed by atoms with Gasteiger partial charge in [-0.15, -0.1) is 0 Å². The van der Waals surface area contributed by atoms with Gasteiger partial charge in [0.05, 0.1) is 12.3 Å². The Labute approximate surface area is 120 Å². The van der Waals surface area contributed by atoms with E-state index in [0.717, 1.165) is 12.8 Å². The normalized spacial score (nSPS) is 15.6. The molecule has 0 radical (unpaired) electrons. The van der Waals surface area contributed by atoms with Gasteiger partial charge in [-0.1, -0.05) is 12.1 Å². The summed E-state index contributed by atoms with van der Waals surface area (Å²) in [5, 5.41) is 9.19. The molecule has 1 aromatic carbocycles. The van der Waals surface area contributed by atoms with Gasteiger partial charge in [-0.25, -0.2) is 13.1 Å². The lowest BCUT2D eigenvalue weighted by Crippen LogP contribution is -2.36. The van der Waals surface area contributed by atoms with Crippen LogP contribution in [0.15, 0.2) is 29.2 Å². The molecule has 0 bridgehead atoms. The highest BCUT2D eigenvalue weighted by molar-refractivity contribution is 7.89. The molecule has 1 aliphatic rings. The van der Waals surface area contributed by atoms with Gasteiger partial charge in [-0.2, -0.15) is 0 Å². The number of hydrogen-bond acceptors (Lipinski definition) is 4. The fourth-order valence-electron chi connectivity index (χ4n) is 2.17. The van der Waals surface area contributed by atoms with Crippen LogP contribution in [-0.4, -0.2) is 38.8 Å². The van der Waals surface area contributed by atoms with Gasteiger partial charge in [0.15, 0.2) is 0 Å². The molecule has 1 aromatic rings. The number of sulfonamides is 1. The molecule has 20 heavy (non-hydrogen) atoms. The van der Waals surface area contributed by atoms with E-state index in [1.54, 1.807) is 18.2 Å². The fourth-order valence-corrected chi connectivity index (χ4v) is 3.69. The number of benzene rings is 1. The quantitative estimate of drug-likeness (QED) is 0.797. The van der Waals surface area contributed by atoms with Crippen LogP contribution in [0.3, 0.4) is 0 Å². The van der Waals surface area contributed by atoms with Gasteiger partial charge in [0.1, 0.15) is 4.90 Å². The lowest BCUT2D eigenvalue weighted by atomic mass is 10.2. The molecule has 1 fully saturated rings. The highest BCUT2D eigenvalue weighted by atomic mass is 32.2. The summed E-state index contributed by atoms with van der Waals surface area (Å²) in [5.74, 6) is 0. The van der Waals surface area contributed by atoms with E-state index in [9.17, 15) is 13.5 Å². The minimum atomic E-state index is -3.50. The lowest BCUT2D eigenvalue weighted by Gasteiger charge is -2.30. The van der Waals surface area contributed by atoms with E-state index >= 15 is 0 Å². The largest absolute Gasteiger partial charge is 0.395 e. The molecule has 6 heteroatoms. The molecule has 1 aliphatic carbocycles. The summed E-state index contributed by atoms with van der Waals surface area (Å²) in [5.41, 5.74) is 0.643. The number of hydrogen-bond donors (Lipinski definition) is 2. The Morgan fingerprint density at radius 1 is 1.35 bits per heavy atom. The first-order valence-corrected chi connectivity index (χ1v) is 8.43. The SMILES string of the molecule is CC(C)N(CCO)c1ccccc1S(=O)(=O)NC1CC1. The number of nitrogens with one attached hydrogen (secondary N) is 1. The van der Waals surface area contributed by atoms with Crippen molar-refractivity contribution in [1.82, 2.24) is 4.72 Å². The van der Waals surface area contributed by atoms with Gasteiger partial charge in [0, 0.05) is 18.6 Å². The van der Waals surface area contributed by atoms with Crippen molar-refractivity contribution in [3.05, 3.63) is 24.3 Å². The van der Waals surface area contributed by atoms with E-state index in [-0.39, 0.29) is 23.6 Å². The van der Waals surface area contributed by atoms with Gasteiger partial charge >= 0.3 is 0 Å². The molecule has 0 amide bonds. The van der Waals surface area contributed by atoms with Crippen LogP contribution in [0, 0.1) is 0 Å². The van der Waals surface area contributed by atoms with E-state index in [1.165, 1.54) is 0 Å². The smallest absolute Gasteiger partial charge is 0.242 e. The summed E-state index contributed by atoms with van der Waals surface area (Å²) in [6, 6.07) is 7.14. The number of aliphatic hydroxyl groups is 1. The van der Waals surface area contributed by atoms with Gasteiger partial charge in [-0.05, 0) is 38.8 Å². The maximum absolute atomic E-state index is 12.4. The van der Waals surface area contributed by atoms with Gasteiger partial charge in [-0.3, -0.25) is 0 Å². The summed E-state index contributed by atoms with van der Waals surface area (Å²) in [4.78, 5) is 2.19. The van der Waals surface area contributed by atoms with E-state index in [4.69, 9.17) is 0 Å². The van der Waals surface area contributed by atoms with Gasteiger partial charge < -0.3 is 10.0 Å². The van der Waals surface area contributed by atoms with Crippen LogP contribution in [0.2, 0.25) is 0 Å². The molecule has 2 rings (SSSR count). The van der Waals surface area contributed by atoms with Crippen LogP contribution in [0.5, 0.6) is 0 Å². The second kappa shape index (κ2) is 6.11. The maximum atomic E-state index is 12.4. The Hall–Kier alpha value is -1.11. The third kappa shape index (κ3) is 3.50. The van der Waals surface area contributed by atoms with Crippen molar-refractivity contribution in [2.24, 2.45) is 0 Å². The van der Waals surface area contributed by atoms with Crippen molar-refractivity contribution in [1.29, 1.82) is 0 Å². The van der Waals surface area contributed by atoms with Crippen LogP contribution in [-0.2, 0) is 10.0 Å². The van der Waals surface area contributed by atoms with Crippen molar-refractivity contribution in [2.75, 3.05) is 18.1 Å². The third-order valence-electron chi connectivity index (χ3n) is 3.33. The van der Waals surface area contributed by atoms with Crippen LogP contribution >= 0.6 is 0 Å². The topological polar surface area (TPSA) is 69.6 Å².